The van der Waals surface area contributed by atoms with Gasteiger partial charge >= 0.3 is 11.9 Å². The van der Waals surface area contributed by atoms with Crippen molar-refractivity contribution in [2.75, 3.05) is 7.11 Å². The van der Waals surface area contributed by atoms with Crippen molar-refractivity contribution in [2.45, 2.75) is 11.8 Å². The Bertz CT molecular complexity index is 667. The Hall–Kier alpha value is -2.27. The van der Waals surface area contributed by atoms with Crippen LogP contribution in [0.15, 0.2) is 53.4 Å². The highest BCUT2D eigenvalue weighted by Crippen LogP contribution is 2.25. The van der Waals surface area contributed by atoms with Crippen molar-refractivity contribution in [1.29, 1.82) is 0 Å². The molecular weight excluding hydrogens is 288 g/mol. The third-order valence-corrected chi connectivity index (χ3v) is 3.63. The van der Waals surface area contributed by atoms with Crippen LogP contribution in [0.3, 0.4) is 0 Å². The maximum atomic E-state index is 12.0. The average Bonchev–Trinajstić information content (AvgIpc) is 2.52. The molecule has 0 spiro atoms. The number of ether oxygens (including phenoxy) is 1. The predicted molar refractivity (Wildman–Crippen MR) is 80.2 cm³/mol. The summed E-state index contributed by atoms with van der Waals surface area (Å²) >= 11 is 0.852. The number of hydrogen-bond acceptors (Lipinski definition) is 5. The van der Waals surface area contributed by atoms with Crippen LogP contribution in [0.2, 0.25) is 0 Å². The third kappa shape index (κ3) is 3.64. The maximum Gasteiger partial charge on any atom is 0.350 e. The molecule has 0 unspecified atom stereocenters. The van der Waals surface area contributed by atoms with Crippen LogP contribution in [0.25, 0.3) is 0 Å². The molecule has 0 aromatic heterocycles. The van der Waals surface area contributed by atoms with Gasteiger partial charge in [0.2, 0.25) is 0 Å². The molecule has 0 fully saturated rings. The zero-order chi connectivity index (χ0) is 15.2. The van der Waals surface area contributed by atoms with Gasteiger partial charge in [-0.1, -0.05) is 30.3 Å². The molecule has 2 aromatic carbocycles. The van der Waals surface area contributed by atoms with Crippen LogP contribution in [-0.4, -0.2) is 19.0 Å². The van der Waals surface area contributed by atoms with E-state index in [0.717, 1.165) is 17.6 Å². The lowest BCUT2D eigenvalue weighted by Crippen LogP contribution is -2.05. The highest BCUT2D eigenvalue weighted by molar-refractivity contribution is 7.95. The summed E-state index contributed by atoms with van der Waals surface area (Å²) in [5.41, 5.74) is 1.70. The predicted octanol–water partition coefficient (Wildman–Crippen LogP) is 3.65. The zero-order valence-electron chi connectivity index (χ0n) is 11.7. The van der Waals surface area contributed by atoms with E-state index in [9.17, 15) is 9.59 Å². The molecular formula is C16H14O4S. The van der Waals surface area contributed by atoms with Crippen molar-refractivity contribution in [2.24, 2.45) is 0 Å². The highest BCUT2D eigenvalue weighted by atomic mass is 32.2. The summed E-state index contributed by atoms with van der Waals surface area (Å²) in [7, 11) is 1.31. The molecule has 5 heteroatoms. The summed E-state index contributed by atoms with van der Waals surface area (Å²) in [5.74, 6) is -0.914. The topological polar surface area (TPSA) is 52.6 Å². The normalized spacial score (nSPS) is 10.0. The van der Waals surface area contributed by atoms with Gasteiger partial charge in [-0.25, -0.2) is 9.59 Å². The molecule has 0 saturated heterocycles. The summed E-state index contributed by atoms with van der Waals surface area (Å²) in [4.78, 5) is 24.2. The number of carbonyl (C=O) groups is 2. The van der Waals surface area contributed by atoms with Crippen molar-refractivity contribution in [1.82, 2.24) is 0 Å². The molecule has 0 aliphatic carbocycles. The molecule has 0 N–H and O–H groups in total. The number of aryl methyl sites for hydroxylation is 1. The van der Waals surface area contributed by atoms with Crippen LogP contribution < -0.4 is 0 Å². The maximum absolute atomic E-state index is 12.0. The summed E-state index contributed by atoms with van der Waals surface area (Å²) in [5, 5.41) is 0. The molecule has 0 atom stereocenters. The Labute approximate surface area is 127 Å². The molecule has 0 aliphatic heterocycles. The Morgan fingerprint density at radius 1 is 0.905 bits per heavy atom. The zero-order valence-corrected chi connectivity index (χ0v) is 12.5. The average molecular weight is 302 g/mol. The Kier molecular flexibility index (Phi) is 5.00. The van der Waals surface area contributed by atoms with Gasteiger partial charge in [-0.3, -0.25) is 0 Å². The van der Waals surface area contributed by atoms with Gasteiger partial charge < -0.3 is 8.92 Å². The molecule has 4 nitrogen and oxygen atoms in total. The van der Waals surface area contributed by atoms with Crippen molar-refractivity contribution >= 4 is 24.0 Å². The first-order valence-electron chi connectivity index (χ1n) is 6.25. The SMILES string of the molecule is COC(=O)c1ccccc1SOC(=O)c1ccccc1C. The molecule has 2 rings (SSSR count). The van der Waals surface area contributed by atoms with Crippen LogP contribution in [0.1, 0.15) is 26.3 Å². The van der Waals surface area contributed by atoms with Gasteiger partial charge in [0.05, 0.1) is 35.2 Å². The molecule has 21 heavy (non-hydrogen) atoms. The van der Waals surface area contributed by atoms with Crippen molar-refractivity contribution < 1.29 is 18.5 Å². The van der Waals surface area contributed by atoms with Crippen LogP contribution in [0, 0.1) is 6.92 Å². The van der Waals surface area contributed by atoms with Crippen LogP contribution in [0.4, 0.5) is 0 Å². The molecule has 0 amide bonds. The number of methoxy groups -OCH3 is 1. The molecule has 0 bridgehead atoms. The number of hydrogen-bond donors (Lipinski definition) is 0. The molecule has 0 heterocycles. The minimum absolute atomic E-state index is 0.364. The minimum Gasteiger partial charge on any atom is -0.465 e. The molecule has 2 aromatic rings. The first kappa shape index (κ1) is 15.1. The lowest BCUT2D eigenvalue weighted by atomic mass is 10.1. The van der Waals surface area contributed by atoms with E-state index in [1.165, 1.54) is 7.11 Å². The summed E-state index contributed by atoms with van der Waals surface area (Å²) in [6, 6.07) is 14.0. The smallest absolute Gasteiger partial charge is 0.350 e. The van der Waals surface area contributed by atoms with Crippen molar-refractivity contribution in [3.63, 3.8) is 0 Å². The molecule has 108 valence electrons. The summed E-state index contributed by atoms with van der Waals surface area (Å²) < 4.78 is 9.89. The van der Waals surface area contributed by atoms with Gasteiger partial charge in [-0.05, 0) is 30.7 Å². The largest absolute Gasteiger partial charge is 0.465 e. The van der Waals surface area contributed by atoms with E-state index in [1.807, 2.05) is 19.1 Å². The quantitative estimate of drug-likeness (QED) is 0.637. The Morgan fingerprint density at radius 3 is 2.19 bits per heavy atom. The highest BCUT2D eigenvalue weighted by Gasteiger charge is 2.15. The lowest BCUT2D eigenvalue weighted by Gasteiger charge is -2.08. The van der Waals surface area contributed by atoms with Gasteiger partial charge in [0.25, 0.3) is 0 Å². The summed E-state index contributed by atoms with van der Waals surface area (Å²) in [6.07, 6.45) is 0. The van der Waals surface area contributed by atoms with Crippen LogP contribution in [-0.2, 0) is 8.92 Å². The van der Waals surface area contributed by atoms with Gasteiger partial charge in [-0.2, -0.15) is 0 Å². The Morgan fingerprint density at radius 2 is 1.52 bits per heavy atom. The number of rotatable bonds is 4. The minimum atomic E-state index is -0.468. The molecule has 0 radical (unpaired) electrons. The first-order valence-corrected chi connectivity index (χ1v) is 6.99. The first-order chi connectivity index (χ1) is 10.1. The van der Waals surface area contributed by atoms with E-state index in [4.69, 9.17) is 8.92 Å². The monoisotopic (exact) mass is 302 g/mol. The van der Waals surface area contributed by atoms with Crippen LogP contribution >= 0.6 is 12.0 Å². The van der Waals surface area contributed by atoms with Crippen molar-refractivity contribution in [3.05, 3.63) is 65.2 Å². The Balaban J connectivity index is 2.12. The number of esters is 1. The van der Waals surface area contributed by atoms with E-state index in [0.29, 0.717) is 16.0 Å². The lowest BCUT2D eigenvalue weighted by molar-refractivity contribution is 0.0595. The van der Waals surface area contributed by atoms with Gasteiger partial charge in [-0.15, -0.1) is 0 Å². The van der Waals surface area contributed by atoms with E-state index in [1.54, 1.807) is 36.4 Å². The molecule has 0 saturated carbocycles. The van der Waals surface area contributed by atoms with E-state index >= 15 is 0 Å². The fraction of sp³-hybridized carbons (Fsp3) is 0.125. The van der Waals surface area contributed by atoms with Gasteiger partial charge in [0, 0.05) is 0 Å². The number of carbonyl (C=O) groups excluding carboxylic acids is 2. The van der Waals surface area contributed by atoms with Gasteiger partial charge in [0.1, 0.15) is 0 Å². The van der Waals surface area contributed by atoms with Gasteiger partial charge in [0.15, 0.2) is 0 Å². The molecule has 0 aliphatic rings. The van der Waals surface area contributed by atoms with E-state index < -0.39 is 11.9 Å². The standard InChI is InChI=1S/C16H14O4S/c1-11-7-3-4-8-12(11)16(18)20-21-14-10-6-5-9-13(14)15(17)19-2/h3-10H,1-2H3. The van der Waals surface area contributed by atoms with Crippen molar-refractivity contribution in [3.8, 4) is 0 Å². The third-order valence-electron chi connectivity index (χ3n) is 2.86. The van der Waals surface area contributed by atoms with Crippen LogP contribution in [0.5, 0.6) is 0 Å². The second-order valence-corrected chi connectivity index (χ2v) is 5.03. The fourth-order valence-electron chi connectivity index (χ4n) is 1.75. The summed E-state index contributed by atoms with van der Waals surface area (Å²) in [6.45, 7) is 1.84. The second-order valence-electron chi connectivity index (χ2n) is 4.26. The fourth-order valence-corrected chi connectivity index (χ4v) is 2.38. The number of benzene rings is 2. The van der Waals surface area contributed by atoms with E-state index in [2.05, 4.69) is 0 Å². The van der Waals surface area contributed by atoms with E-state index in [-0.39, 0.29) is 0 Å². The second kappa shape index (κ2) is 6.95.